The molecule has 0 radical (unpaired) electrons. The molecule has 8 aromatic carbocycles. The maximum Gasteiger partial charge on any atom is 0.213 e. The van der Waals surface area contributed by atoms with Gasteiger partial charge in [0.25, 0.3) is 0 Å². The Labute approximate surface area is 299 Å². The van der Waals surface area contributed by atoms with Gasteiger partial charge in [-0.2, -0.15) is 0 Å². The Hall–Kier alpha value is -7.04. The van der Waals surface area contributed by atoms with Crippen molar-refractivity contribution in [3.05, 3.63) is 188 Å². The number of para-hydroxylation sites is 5. The second-order valence-corrected chi connectivity index (χ2v) is 13.4. The first-order chi connectivity index (χ1) is 25.8. The van der Waals surface area contributed by atoms with Crippen molar-refractivity contribution in [2.45, 2.75) is 0 Å². The second kappa shape index (κ2) is 11.2. The lowest BCUT2D eigenvalue weighted by atomic mass is 10.0. The zero-order chi connectivity index (χ0) is 34.2. The first-order valence-electron chi connectivity index (χ1n) is 17.7. The molecule has 0 aliphatic heterocycles. The van der Waals surface area contributed by atoms with Crippen molar-refractivity contribution < 1.29 is 4.42 Å². The van der Waals surface area contributed by atoms with Gasteiger partial charge in [0.15, 0.2) is 0 Å². The fourth-order valence-electron chi connectivity index (χ4n) is 8.18. The van der Waals surface area contributed by atoms with Gasteiger partial charge in [0.2, 0.25) is 5.71 Å². The number of fused-ring (bicyclic) bond motifs is 9. The number of benzene rings is 8. The summed E-state index contributed by atoms with van der Waals surface area (Å²) >= 11 is 0. The molecule has 0 saturated carbocycles. The van der Waals surface area contributed by atoms with Crippen LogP contribution in [0.3, 0.4) is 0 Å². The number of rotatable bonds is 6. The quantitative estimate of drug-likeness (QED) is 0.177. The summed E-state index contributed by atoms with van der Waals surface area (Å²) in [6, 6.07) is 67.0. The summed E-state index contributed by atoms with van der Waals surface area (Å²) in [4.78, 5) is 4.63. The van der Waals surface area contributed by atoms with E-state index in [2.05, 4.69) is 202 Å². The van der Waals surface area contributed by atoms with Crippen LogP contribution in [0.2, 0.25) is 0 Å². The molecule has 244 valence electrons. The Morgan fingerprint density at radius 2 is 0.904 bits per heavy atom. The molecule has 0 bridgehead atoms. The van der Waals surface area contributed by atoms with Crippen LogP contribution in [-0.4, -0.2) is 4.40 Å². The summed E-state index contributed by atoms with van der Waals surface area (Å²) in [5, 5.41) is 8.24. The summed E-state index contributed by atoms with van der Waals surface area (Å²) in [7, 11) is 0. The first-order valence-corrected chi connectivity index (χ1v) is 17.7. The van der Waals surface area contributed by atoms with Gasteiger partial charge in [0.05, 0.1) is 16.4 Å². The normalized spacial score (nSPS) is 11.8. The molecular formula is C48H31N3O. The standard InChI is InChI=1S/C48H31N3O/c1-5-14-34(15-6-1)49(35-16-7-2-8-17-35)38-25-24-32-30-45-43(29-33(32)28-38)46-41-23-13-22-40-42-31-39(26-27-44(42)51(47(40)41)48(46)52-45)50(36-18-9-3-10-19-36)37-20-11-4-12-21-37/h1-31H. The third kappa shape index (κ3) is 4.28. The number of nitrogens with zero attached hydrogens (tertiary/aromatic N) is 3. The van der Waals surface area contributed by atoms with E-state index in [1.807, 2.05) is 0 Å². The number of aromatic nitrogens is 1. The molecule has 11 rings (SSSR count). The highest BCUT2D eigenvalue weighted by atomic mass is 16.3. The van der Waals surface area contributed by atoms with E-state index in [0.717, 1.165) is 67.1 Å². The van der Waals surface area contributed by atoms with E-state index in [0.29, 0.717) is 0 Å². The molecule has 0 saturated heterocycles. The van der Waals surface area contributed by atoms with E-state index in [1.165, 1.54) is 27.1 Å². The van der Waals surface area contributed by atoms with Crippen LogP contribution < -0.4 is 9.80 Å². The first kappa shape index (κ1) is 28.8. The number of hydrogen-bond acceptors (Lipinski definition) is 3. The molecule has 0 spiro atoms. The molecule has 3 aromatic heterocycles. The lowest BCUT2D eigenvalue weighted by Gasteiger charge is -2.25. The summed E-state index contributed by atoms with van der Waals surface area (Å²) in [6.45, 7) is 0. The largest absolute Gasteiger partial charge is 0.439 e. The van der Waals surface area contributed by atoms with Crippen LogP contribution >= 0.6 is 0 Å². The molecule has 0 aliphatic rings. The van der Waals surface area contributed by atoms with Gasteiger partial charge in [-0.05, 0) is 102 Å². The van der Waals surface area contributed by atoms with Crippen molar-refractivity contribution >= 4 is 94.2 Å². The van der Waals surface area contributed by atoms with Crippen molar-refractivity contribution in [3.63, 3.8) is 0 Å². The van der Waals surface area contributed by atoms with E-state index in [4.69, 9.17) is 4.42 Å². The van der Waals surface area contributed by atoms with Gasteiger partial charge in [0.1, 0.15) is 5.58 Å². The predicted molar refractivity (Wildman–Crippen MR) is 218 cm³/mol. The number of anilines is 6. The lowest BCUT2D eigenvalue weighted by Crippen LogP contribution is -2.09. The molecule has 3 heterocycles. The molecule has 0 unspecified atom stereocenters. The molecule has 0 aliphatic carbocycles. The van der Waals surface area contributed by atoms with Crippen LogP contribution in [0, 0.1) is 0 Å². The average Bonchev–Trinajstić information content (AvgIpc) is 3.85. The zero-order valence-electron chi connectivity index (χ0n) is 28.1. The molecule has 52 heavy (non-hydrogen) atoms. The smallest absolute Gasteiger partial charge is 0.213 e. The highest BCUT2D eigenvalue weighted by Crippen LogP contribution is 2.46. The minimum Gasteiger partial charge on any atom is -0.439 e. The maximum absolute atomic E-state index is 6.83. The maximum atomic E-state index is 6.83. The van der Waals surface area contributed by atoms with Crippen LogP contribution in [-0.2, 0) is 0 Å². The zero-order valence-corrected chi connectivity index (χ0v) is 28.1. The third-order valence-corrected chi connectivity index (χ3v) is 10.4. The third-order valence-electron chi connectivity index (χ3n) is 10.4. The number of hydrogen-bond donors (Lipinski definition) is 0. The van der Waals surface area contributed by atoms with Crippen molar-refractivity contribution in [1.29, 1.82) is 0 Å². The van der Waals surface area contributed by atoms with Crippen molar-refractivity contribution in [3.8, 4) is 0 Å². The van der Waals surface area contributed by atoms with Gasteiger partial charge in [-0.1, -0.05) is 97.1 Å². The van der Waals surface area contributed by atoms with Gasteiger partial charge >= 0.3 is 0 Å². The Balaban J connectivity index is 1.11. The average molecular weight is 666 g/mol. The molecule has 0 N–H and O–H groups in total. The summed E-state index contributed by atoms with van der Waals surface area (Å²) in [5.74, 6) is 0. The Kier molecular flexibility index (Phi) is 6.22. The van der Waals surface area contributed by atoms with Crippen molar-refractivity contribution in [1.82, 2.24) is 4.40 Å². The molecule has 11 aromatic rings. The highest BCUT2D eigenvalue weighted by molar-refractivity contribution is 6.28. The number of furan rings is 1. The van der Waals surface area contributed by atoms with Crippen molar-refractivity contribution in [2.75, 3.05) is 9.80 Å². The van der Waals surface area contributed by atoms with Crippen LogP contribution in [0.25, 0.3) is 60.0 Å². The van der Waals surface area contributed by atoms with Crippen LogP contribution in [0.4, 0.5) is 34.1 Å². The van der Waals surface area contributed by atoms with Gasteiger partial charge in [-0.25, -0.2) is 0 Å². The fourth-order valence-corrected chi connectivity index (χ4v) is 8.18. The SMILES string of the molecule is c1ccc(N(c2ccccc2)c2ccc3cc4oc5c(c4cc3c2)c2cccc3c4cc(N(c6ccccc6)c6ccccc6)ccc4n5c32)cc1. The lowest BCUT2D eigenvalue weighted by molar-refractivity contribution is 0.652. The van der Waals surface area contributed by atoms with E-state index >= 15 is 0 Å². The molecule has 0 amide bonds. The van der Waals surface area contributed by atoms with Crippen LogP contribution in [0.15, 0.2) is 192 Å². The highest BCUT2D eigenvalue weighted by Gasteiger charge is 2.24. The van der Waals surface area contributed by atoms with Crippen molar-refractivity contribution in [2.24, 2.45) is 0 Å². The Morgan fingerprint density at radius 3 is 1.50 bits per heavy atom. The van der Waals surface area contributed by atoms with Gasteiger partial charge < -0.3 is 14.2 Å². The Morgan fingerprint density at radius 1 is 0.365 bits per heavy atom. The molecular weight excluding hydrogens is 635 g/mol. The van der Waals surface area contributed by atoms with Gasteiger partial charge in [-0.15, -0.1) is 0 Å². The second-order valence-electron chi connectivity index (χ2n) is 13.4. The summed E-state index contributed by atoms with van der Waals surface area (Å²) < 4.78 is 9.16. The Bertz CT molecular complexity index is 2980. The summed E-state index contributed by atoms with van der Waals surface area (Å²) in [6.07, 6.45) is 0. The summed E-state index contributed by atoms with van der Waals surface area (Å²) in [5.41, 5.74) is 10.8. The van der Waals surface area contributed by atoms with Gasteiger partial charge in [0, 0.05) is 55.7 Å². The molecule has 4 nitrogen and oxygen atoms in total. The van der Waals surface area contributed by atoms with Crippen LogP contribution in [0.5, 0.6) is 0 Å². The minimum atomic E-state index is 0.887. The predicted octanol–water partition coefficient (Wildman–Crippen LogP) is 13.7. The molecule has 0 atom stereocenters. The van der Waals surface area contributed by atoms with E-state index in [-0.39, 0.29) is 0 Å². The van der Waals surface area contributed by atoms with E-state index < -0.39 is 0 Å². The minimum absolute atomic E-state index is 0.887. The fraction of sp³-hybridized carbons (Fsp3) is 0. The van der Waals surface area contributed by atoms with Gasteiger partial charge in [-0.3, -0.25) is 4.40 Å². The topological polar surface area (TPSA) is 24.0 Å². The molecule has 0 fully saturated rings. The monoisotopic (exact) mass is 665 g/mol. The van der Waals surface area contributed by atoms with E-state index in [9.17, 15) is 0 Å². The van der Waals surface area contributed by atoms with Crippen LogP contribution in [0.1, 0.15) is 0 Å². The van der Waals surface area contributed by atoms with E-state index in [1.54, 1.807) is 0 Å². The molecule has 4 heteroatoms.